The van der Waals surface area contributed by atoms with Gasteiger partial charge in [0, 0.05) is 11.3 Å². The lowest BCUT2D eigenvalue weighted by Gasteiger charge is -2.12. The summed E-state index contributed by atoms with van der Waals surface area (Å²) in [6.45, 7) is 3.78. The van der Waals surface area contributed by atoms with Gasteiger partial charge < -0.3 is 5.32 Å². The summed E-state index contributed by atoms with van der Waals surface area (Å²) in [5.74, 6) is 0.203. The summed E-state index contributed by atoms with van der Waals surface area (Å²) in [5, 5.41) is 2.95. The number of hydrogen-bond acceptors (Lipinski definition) is 5. The predicted octanol–water partition coefficient (Wildman–Crippen LogP) is 3.67. The van der Waals surface area contributed by atoms with Crippen molar-refractivity contribution < 1.29 is 16.8 Å². The van der Waals surface area contributed by atoms with E-state index in [-0.39, 0.29) is 15.6 Å². The monoisotopic (exact) mass is 441 g/mol. The van der Waals surface area contributed by atoms with Crippen LogP contribution in [-0.2, 0) is 20.0 Å². The van der Waals surface area contributed by atoms with Crippen molar-refractivity contribution in [2.75, 3.05) is 10.0 Å². The first-order chi connectivity index (χ1) is 14.2. The van der Waals surface area contributed by atoms with Crippen molar-refractivity contribution in [2.24, 2.45) is 4.40 Å². The van der Waals surface area contributed by atoms with Gasteiger partial charge in [0.15, 0.2) is 5.84 Å². The van der Waals surface area contributed by atoms with Crippen LogP contribution in [0.1, 0.15) is 16.7 Å². The van der Waals surface area contributed by atoms with E-state index in [1.165, 1.54) is 18.2 Å². The molecule has 154 valence electrons. The number of nitrogens with zero attached hydrogens (tertiary/aromatic N) is 1. The number of nitrogens with one attached hydrogen (secondary N) is 2. The molecular formula is C21H19N3O4S2. The Morgan fingerprint density at radius 1 is 0.900 bits per heavy atom. The summed E-state index contributed by atoms with van der Waals surface area (Å²) in [5.41, 5.74) is 3.39. The Bertz CT molecular complexity index is 1380. The third-order valence-corrected chi connectivity index (χ3v) is 7.40. The van der Waals surface area contributed by atoms with E-state index >= 15 is 0 Å². The molecule has 30 heavy (non-hydrogen) atoms. The van der Waals surface area contributed by atoms with Crippen LogP contribution >= 0.6 is 0 Å². The van der Waals surface area contributed by atoms with Crippen molar-refractivity contribution in [3.8, 4) is 0 Å². The molecule has 1 aliphatic rings. The molecule has 0 unspecified atom stereocenters. The molecule has 2 N–H and O–H groups in total. The van der Waals surface area contributed by atoms with Gasteiger partial charge in [-0.25, -0.2) is 8.42 Å². The Balaban J connectivity index is 1.56. The van der Waals surface area contributed by atoms with Crippen LogP contribution in [0.15, 0.2) is 80.9 Å². The minimum Gasteiger partial charge on any atom is -0.339 e. The van der Waals surface area contributed by atoms with Crippen molar-refractivity contribution in [1.82, 2.24) is 0 Å². The first kappa shape index (κ1) is 20.1. The summed E-state index contributed by atoms with van der Waals surface area (Å²) in [6.07, 6.45) is 0. The smallest absolute Gasteiger partial charge is 0.285 e. The van der Waals surface area contributed by atoms with Gasteiger partial charge >= 0.3 is 0 Å². The van der Waals surface area contributed by atoms with Crippen LogP contribution in [0.3, 0.4) is 0 Å². The van der Waals surface area contributed by atoms with Crippen LogP contribution in [0, 0.1) is 13.8 Å². The summed E-state index contributed by atoms with van der Waals surface area (Å²) < 4.78 is 56.1. The van der Waals surface area contributed by atoms with E-state index in [0.29, 0.717) is 16.9 Å². The largest absolute Gasteiger partial charge is 0.339 e. The maximum Gasteiger partial charge on any atom is 0.285 e. The number of hydrogen-bond donors (Lipinski definition) is 2. The Kier molecular flexibility index (Phi) is 4.87. The van der Waals surface area contributed by atoms with Gasteiger partial charge in [0.2, 0.25) is 0 Å². The van der Waals surface area contributed by atoms with E-state index in [0.717, 1.165) is 11.1 Å². The Morgan fingerprint density at radius 2 is 1.60 bits per heavy atom. The number of rotatable bonds is 4. The lowest BCUT2D eigenvalue weighted by Crippen LogP contribution is -2.14. The van der Waals surface area contributed by atoms with Crippen molar-refractivity contribution in [3.05, 3.63) is 83.4 Å². The van der Waals surface area contributed by atoms with Crippen LogP contribution in [0.4, 0.5) is 11.4 Å². The standard InChI is InChI=1S/C21H19N3O4S2/c1-14-7-12-19(15(2)13-14)23-29(25,26)17-10-8-16(9-11-17)22-21-18-5-3-4-6-20(18)30(27,28)24-21/h3-13,23H,1-2H3,(H,22,24). The third kappa shape index (κ3) is 3.81. The van der Waals surface area contributed by atoms with Crippen LogP contribution in [0.2, 0.25) is 0 Å². The molecule has 0 aromatic heterocycles. The molecule has 0 fully saturated rings. The highest BCUT2D eigenvalue weighted by atomic mass is 32.2. The van der Waals surface area contributed by atoms with E-state index in [1.54, 1.807) is 36.4 Å². The molecule has 0 radical (unpaired) electrons. The van der Waals surface area contributed by atoms with E-state index in [2.05, 4.69) is 14.4 Å². The second kappa shape index (κ2) is 7.26. The fourth-order valence-corrected chi connectivity index (χ4v) is 5.49. The Hall–Kier alpha value is -3.17. The number of sulfonamides is 2. The van der Waals surface area contributed by atoms with Gasteiger partial charge in [-0.2, -0.15) is 8.42 Å². The maximum absolute atomic E-state index is 12.7. The lowest BCUT2D eigenvalue weighted by molar-refractivity contribution is 0.598. The van der Waals surface area contributed by atoms with Gasteiger partial charge in [0.1, 0.15) is 4.90 Å². The molecule has 0 amide bonds. The van der Waals surface area contributed by atoms with Crippen molar-refractivity contribution in [1.29, 1.82) is 0 Å². The Labute approximate surface area is 175 Å². The van der Waals surface area contributed by atoms with Gasteiger partial charge in [-0.1, -0.05) is 29.8 Å². The molecule has 3 aromatic carbocycles. The number of amidine groups is 1. The number of anilines is 2. The molecule has 1 heterocycles. The highest BCUT2D eigenvalue weighted by Crippen LogP contribution is 2.27. The average molecular weight is 442 g/mol. The first-order valence-electron chi connectivity index (χ1n) is 9.07. The van der Waals surface area contributed by atoms with Crippen LogP contribution in [-0.4, -0.2) is 22.7 Å². The van der Waals surface area contributed by atoms with Gasteiger partial charge in [0.25, 0.3) is 20.0 Å². The van der Waals surface area contributed by atoms with Crippen LogP contribution in [0.25, 0.3) is 0 Å². The van der Waals surface area contributed by atoms with E-state index < -0.39 is 20.0 Å². The predicted molar refractivity (Wildman–Crippen MR) is 117 cm³/mol. The molecule has 0 aliphatic carbocycles. The molecule has 7 nitrogen and oxygen atoms in total. The SMILES string of the molecule is Cc1ccc(NS(=O)(=O)c2ccc(NC3=NS(=O)(=O)c4ccccc43)cc2)c(C)c1. The van der Waals surface area contributed by atoms with E-state index in [4.69, 9.17) is 0 Å². The fraction of sp³-hybridized carbons (Fsp3) is 0.0952. The summed E-state index contributed by atoms with van der Waals surface area (Å²) in [7, 11) is -7.49. The highest BCUT2D eigenvalue weighted by Gasteiger charge is 2.28. The molecule has 0 atom stereocenters. The Morgan fingerprint density at radius 3 is 2.30 bits per heavy atom. The highest BCUT2D eigenvalue weighted by molar-refractivity contribution is 7.92. The number of fused-ring (bicyclic) bond motifs is 1. The quantitative estimate of drug-likeness (QED) is 0.643. The third-order valence-electron chi connectivity index (χ3n) is 4.69. The number of benzene rings is 3. The maximum atomic E-state index is 12.7. The molecular weight excluding hydrogens is 422 g/mol. The van der Waals surface area contributed by atoms with E-state index in [9.17, 15) is 16.8 Å². The van der Waals surface area contributed by atoms with Crippen LogP contribution < -0.4 is 10.0 Å². The average Bonchev–Trinajstić information content (AvgIpc) is 2.95. The minimum atomic E-state index is -3.76. The van der Waals surface area contributed by atoms with Crippen molar-refractivity contribution >= 4 is 37.3 Å². The lowest BCUT2D eigenvalue weighted by atomic mass is 10.1. The topological polar surface area (TPSA) is 105 Å². The molecule has 4 rings (SSSR count). The van der Waals surface area contributed by atoms with Crippen LogP contribution in [0.5, 0.6) is 0 Å². The minimum absolute atomic E-state index is 0.0920. The van der Waals surface area contributed by atoms with Gasteiger partial charge in [-0.05, 0) is 61.9 Å². The van der Waals surface area contributed by atoms with Crippen molar-refractivity contribution in [3.63, 3.8) is 0 Å². The molecule has 3 aromatic rings. The summed E-state index contributed by atoms with van der Waals surface area (Å²) in [6, 6.07) is 18.0. The van der Waals surface area contributed by atoms with Gasteiger partial charge in [-0.15, -0.1) is 4.40 Å². The fourth-order valence-electron chi connectivity index (χ4n) is 3.18. The second-order valence-corrected chi connectivity index (χ2v) is 10.2. The molecule has 0 bridgehead atoms. The molecule has 9 heteroatoms. The normalized spacial score (nSPS) is 14.7. The summed E-state index contributed by atoms with van der Waals surface area (Å²) in [4.78, 5) is 0.235. The van der Waals surface area contributed by atoms with E-state index in [1.807, 2.05) is 26.0 Å². The first-order valence-corrected chi connectivity index (χ1v) is 12.0. The molecule has 1 aliphatic heterocycles. The van der Waals surface area contributed by atoms with Crippen molar-refractivity contribution in [2.45, 2.75) is 23.6 Å². The summed E-state index contributed by atoms with van der Waals surface area (Å²) >= 11 is 0. The zero-order valence-corrected chi connectivity index (χ0v) is 17.9. The zero-order chi connectivity index (χ0) is 21.5. The molecule has 0 saturated heterocycles. The zero-order valence-electron chi connectivity index (χ0n) is 16.2. The van der Waals surface area contributed by atoms with Gasteiger partial charge in [0.05, 0.1) is 10.6 Å². The molecule has 0 saturated carbocycles. The van der Waals surface area contributed by atoms with Gasteiger partial charge in [-0.3, -0.25) is 4.72 Å². The number of aryl methyl sites for hydroxylation is 2. The second-order valence-electron chi connectivity index (χ2n) is 6.98. The molecule has 0 spiro atoms.